The van der Waals surface area contributed by atoms with Crippen LogP contribution in [0.1, 0.15) is 46.0 Å². The molecule has 2 rings (SSSR count). The summed E-state index contributed by atoms with van der Waals surface area (Å²) in [6.07, 6.45) is 6.92. The van der Waals surface area contributed by atoms with Gasteiger partial charge in [-0.05, 0) is 45.6 Å². The number of hydrogen-bond acceptors (Lipinski definition) is 2. The zero-order valence-electron chi connectivity index (χ0n) is 9.63. The Bertz CT molecular complexity index is 177. The predicted molar refractivity (Wildman–Crippen MR) is 60.5 cm³/mol. The van der Waals surface area contributed by atoms with Gasteiger partial charge in [0.05, 0.1) is 0 Å². The summed E-state index contributed by atoms with van der Waals surface area (Å²) in [5.41, 5.74) is 0. The first-order valence-electron chi connectivity index (χ1n) is 6.30. The van der Waals surface area contributed by atoms with Crippen molar-refractivity contribution in [3.05, 3.63) is 0 Å². The zero-order valence-corrected chi connectivity index (χ0v) is 9.63. The minimum Gasteiger partial charge on any atom is -0.312 e. The minimum atomic E-state index is 0.785. The fraction of sp³-hybridized carbons (Fsp3) is 1.00. The molecule has 1 heterocycles. The summed E-state index contributed by atoms with van der Waals surface area (Å²) in [5.74, 6) is 0. The van der Waals surface area contributed by atoms with Crippen LogP contribution in [0.25, 0.3) is 0 Å². The molecule has 2 aliphatic rings. The average Bonchev–Trinajstić information content (AvgIpc) is 2.92. The molecule has 2 nitrogen and oxygen atoms in total. The van der Waals surface area contributed by atoms with E-state index < -0.39 is 0 Å². The van der Waals surface area contributed by atoms with Crippen LogP contribution in [-0.4, -0.2) is 36.1 Å². The van der Waals surface area contributed by atoms with E-state index in [-0.39, 0.29) is 0 Å². The molecule has 0 aromatic heterocycles. The van der Waals surface area contributed by atoms with Crippen molar-refractivity contribution >= 4 is 0 Å². The molecule has 0 spiro atoms. The molecule has 1 aliphatic carbocycles. The summed E-state index contributed by atoms with van der Waals surface area (Å²) in [6.45, 7) is 7.24. The highest BCUT2D eigenvalue weighted by Crippen LogP contribution is 2.22. The Hall–Kier alpha value is -0.0800. The Balaban J connectivity index is 1.77. The Labute approximate surface area is 88.1 Å². The lowest BCUT2D eigenvalue weighted by atomic mass is 10.1. The lowest BCUT2D eigenvalue weighted by Gasteiger charge is -2.31. The Morgan fingerprint density at radius 3 is 2.64 bits per heavy atom. The van der Waals surface area contributed by atoms with Crippen LogP contribution in [0.2, 0.25) is 0 Å². The molecule has 0 radical (unpaired) electrons. The standard InChI is InChI=1S/C12H24N2/c1-3-12(9-13-11-6-7-11)14-8-4-5-10(14)2/h10-13H,3-9H2,1-2H3. The van der Waals surface area contributed by atoms with Gasteiger partial charge in [-0.3, -0.25) is 4.90 Å². The second kappa shape index (κ2) is 4.63. The maximum absolute atomic E-state index is 3.66. The van der Waals surface area contributed by atoms with Crippen molar-refractivity contribution in [1.29, 1.82) is 0 Å². The molecule has 1 saturated carbocycles. The topological polar surface area (TPSA) is 15.3 Å². The van der Waals surface area contributed by atoms with Crippen molar-refractivity contribution in [2.75, 3.05) is 13.1 Å². The van der Waals surface area contributed by atoms with Crippen LogP contribution in [0.3, 0.4) is 0 Å². The van der Waals surface area contributed by atoms with E-state index in [1.807, 2.05) is 0 Å². The summed E-state index contributed by atoms with van der Waals surface area (Å²) < 4.78 is 0. The molecule has 2 heteroatoms. The zero-order chi connectivity index (χ0) is 9.97. The van der Waals surface area contributed by atoms with Gasteiger partial charge in [0.2, 0.25) is 0 Å². The van der Waals surface area contributed by atoms with E-state index in [0.717, 1.165) is 18.1 Å². The molecule has 1 N–H and O–H groups in total. The third-order valence-corrected chi connectivity index (χ3v) is 3.76. The molecule has 1 saturated heterocycles. The van der Waals surface area contributed by atoms with E-state index in [1.54, 1.807) is 0 Å². The molecule has 2 unspecified atom stereocenters. The van der Waals surface area contributed by atoms with Gasteiger partial charge in [-0.25, -0.2) is 0 Å². The Kier molecular flexibility index (Phi) is 3.45. The highest BCUT2D eigenvalue weighted by atomic mass is 15.2. The van der Waals surface area contributed by atoms with Crippen molar-refractivity contribution in [3.63, 3.8) is 0 Å². The first kappa shape index (κ1) is 10.4. The summed E-state index contributed by atoms with van der Waals surface area (Å²) in [7, 11) is 0. The van der Waals surface area contributed by atoms with Crippen molar-refractivity contribution in [1.82, 2.24) is 10.2 Å². The number of hydrogen-bond donors (Lipinski definition) is 1. The maximum Gasteiger partial charge on any atom is 0.0220 e. The van der Waals surface area contributed by atoms with Crippen LogP contribution in [-0.2, 0) is 0 Å². The second-order valence-corrected chi connectivity index (χ2v) is 4.97. The highest BCUT2D eigenvalue weighted by molar-refractivity contribution is 4.87. The van der Waals surface area contributed by atoms with Gasteiger partial charge in [-0.15, -0.1) is 0 Å². The third kappa shape index (κ3) is 2.48. The molecular formula is C12H24N2. The summed E-state index contributed by atoms with van der Waals surface area (Å²) >= 11 is 0. The number of nitrogens with one attached hydrogen (secondary N) is 1. The van der Waals surface area contributed by atoms with Crippen molar-refractivity contribution in [2.45, 2.75) is 64.1 Å². The first-order chi connectivity index (χ1) is 6.81. The van der Waals surface area contributed by atoms with Crippen molar-refractivity contribution in [3.8, 4) is 0 Å². The van der Waals surface area contributed by atoms with E-state index in [0.29, 0.717) is 0 Å². The molecule has 0 aromatic carbocycles. The summed E-state index contributed by atoms with van der Waals surface area (Å²) in [4.78, 5) is 2.70. The van der Waals surface area contributed by atoms with Gasteiger partial charge in [0.15, 0.2) is 0 Å². The lowest BCUT2D eigenvalue weighted by Crippen LogP contribution is -2.44. The summed E-state index contributed by atoms with van der Waals surface area (Å²) in [6, 6.07) is 2.47. The van der Waals surface area contributed by atoms with Crippen molar-refractivity contribution < 1.29 is 0 Å². The lowest BCUT2D eigenvalue weighted by molar-refractivity contribution is 0.180. The van der Waals surface area contributed by atoms with Gasteiger partial charge in [-0.1, -0.05) is 6.92 Å². The van der Waals surface area contributed by atoms with Crippen LogP contribution >= 0.6 is 0 Å². The number of nitrogens with zero attached hydrogens (tertiary/aromatic N) is 1. The molecule has 2 atom stereocenters. The predicted octanol–water partition coefficient (Wildman–Crippen LogP) is 2.00. The molecule has 14 heavy (non-hydrogen) atoms. The van der Waals surface area contributed by atoms with Crippen LogP contribution < -0.4 is 5.32 Å². The van der Waals surface area contributed by atoms with Crippen LogP contribution in [0.5, 0.6) is 0 Å². The normalized spacial score (nSPS) is 30.9. The van der Waals surface area contributed by atoms with Gasteiger partial charge in [0, 0.05) is 24.7 Å². The summed E-state index contributed by atoms with van der Waals surface area (Å²) in [5, 5.41) is 3.66. The van der Waals surface area contributed by atoms with E-state index in [9.17, 15) is 0 Å². The molecule has 2 fully saturated rings. The van der Waals surface area contributed by atoms with Crippen LogP contribution in [0, 0.1) is 0 Å². The highest BCUT2D eigenvalue weighted by Gasteiger charge is 2.28. The smallest absolute Gasteiger partial charge is 0.0220 e. The molecule has 1 aliphatic heterocycles. The monoisotopic (exact) mass is 196 g/mol. The number of likely N-dealkylation sites (tertiary alicyclic amines) is 1. The van der Waals surface area contributed by atoms with Gasteiger partial charge >= 0.3 is 0 Å². The molecule has 82 valence electrons. The largest absolute Gasteiger partial charge is 0.312 e. The average molecular weight is 196 g/mol. The molecule has 0 aromatic rings. The quantitative estimate of drug-likeness (QED) is 0.723. The Morgan fingerprint density at radius 1 is 1.36 bits per heavy atom. The Morgan fingerprint density at radius 2 is 2.14 bits per heavy atom. The van der Waals surface area contributed by atoms with Crippen molar-refractivity contribution in [2.24, 2.45) is 0 Å². The molecule has 0 bridgehead atoms. The fourth-order valence-electron chi connectivity index (χ4n) is 2.58. The first-order valence-corrected chi connectivity index (χ1v) is 6.30. The van der Waals surface area contributed by atoms with Crippen LogP contribution in [0.4, 0.5) is 0 Å². The third-order valence-electron chi connectivity index (χ3n) is 3.76. The number of rotatable bonds is 5. The van der Waals surface area contributed by atoms with Crippen LogP contribution in [0.15, 0.2) is 0 Å². The van der Waals surface area contributed by atoms with Gasteiger partial charge in [0.1, 0.15) is 0 Å². The fourth-order valence-corrected chi connectivity index (χ4v) is 2.58. The maximum atomic E-state index is 3.66. The SMILES string of the molecule is CCC(CNC1CC1)N1CCCC1C. The van der Waals surface area contributed by atoms with E-state index >= 15 is 0 Å². The molecule has 0 amide bonds. The van der Waals surface area contributed by atoms with Gasteiger partial charge in [-0.2, -0.15) is 0 Å². The van der Waals surface area contributed by atoms with Gasteiger partial charge in [0.25, 0.3) is 0 Å². The second-order valence-electron chi connectivity index (χ2n) is 4.97. The van der Waals surface area contributed by atoms with E-state index in [4.69, 9.17) is 0 Å². The van der Waals surface area contributed by atoms with E-state index in [1.165, 1.54) is 45.2 Å². The molecular weight excluding hydrogens is 172 g/mol. The van der Waals surface area contributed by atoms with E-state index in [2.05, 4.69) is 24.1 Å². The minimum absolute atomic E-state index is 0.785. The van der Waals surface area contributed by atoms with Gasteiger partial charge < -0.3 is 5.32 Å².